The van der Waals surface area contributed by atoms with Crippen molar-refractivity contribution in [1.82, 2.24) is 0 Å². The smallest absolute Gasteiger partial charge is 0.166 e. The summed E-state index contributed by atoms with van der Waals surface area (Å²) in [6.45, 7) is 0. The van der Waals surface area contributed by atoms with E-state index in [1.54, 1.807) is 0 Å². The van der Waals surface area contributed by atoms with E-state index in [0.717, 1.165) is 53.8 Å². The molecule has 5 aromatic rings. The van der Waals surface area contributed by atoms with Crippen molar-refractivity contribution < 1.29 is 26.3 Å². The average molecular weight is 432 g/mol. The number of benzene rings is 2. The normalized spacial score (nSPS) is 13.6. The number of hydrogen-bond acceptors (Lipinski definition) is 3. The molecule has 27 heavy (non-hydrogen) atoms. The van der Waals surface area contributed by atoms with Crippen molar-refractivity contribution in [3.8, 4) is 0 Å². The first-order valence-corrected chi connectivity index (χ1v) is 10.0. The highest BCUT2D eigenvalue weighted by atomic mass is 32.1. The van der Waals surface area contributed by atoms with Crippen LogP contribution in [0.25, 0.3) is 39.0 Å². The van der Waals surface area contributed by atoms with E-state index in [1.165, 1.54) is 46.1 Å². The van der Waals surface area contributed by atoms with Crippen molar-refractivity contribution in [2.75, 3.05) is 0 Å². The second-order valence-electron chi connectivity index (χ2n) is 6.04. The Balaban J connectivity index is 1.79. The van der Waals surface area contributed by atoms with Crippen LogP contribution >= 0.6 is 34.0 Å². The van der Waals surface area contributed by atoms with Gasteiger partial charge < -0.3 is 0 Å². The van der Waals surface area contributed by atoms with Crippen LogP contribution in [0.1, 0.15) is 11.1 Å². The van der Waals surface area contributed by atoms with E-state index in [2.05, 4.69) is 0 Å². The molecule has 0 saturated carbocycles. The first-order valence-electron chi connectivity index (χ1n) is 7.58. The van der Waals surface area contributed by atoms with Gasteiger partial charge in [0.15, 0.2) is 0 Å². The maximum absolute atomic E-state index is 12.9. The predicted octanol–water partition coefficient (Wildman–Crippen LogP) is 8.52. The zero-order valence-electron chi connectivity index (χ0n) is 13.0. The summed E-state index contributed by atoms with van der Waals surface area (Å²) in [5.74, 6) is 0. The lowest BCUT2D eigenvalue weighted by Crippen LogP contribution is -2.03. The van der Waals surface area contributed by atoms with Crippen LogP contribution in [-0.4, -0.2) is 0 Å². The van der Waals surface area contributed by atoms with Gasteiger partial charge in [-0.15, -0.1) is 34.0 Å². The Bertz CT molecular complexity index is 1240. The predicted molar refractivity (Wildman–Crippen MR) is 100 cm³/mol. The molecule has 0 amide bonds. The van der Waals surface area contributed by atoms with Gasteiger partial charge in [0.05, 0.1) is 29.9 Å². The molecule has 0 nitrogen and oxygen atoms in total. The molecule has 0 aliphatic rings. The molecule has 0 bridgehead atoms. The molecule has 138 valence electrons. The third-order valence-electron chi connectivity index (χ3n) is 4.35. The average Bonchev–Trinajstić information content (AvgIpc) is 3.20. The van der Waals surface area contributed by atoms with E-state index in [4.69, 9.17) is 0 Å². The zero-order valence-corrected chi connectivity index (χ0v) is 15.4. The van der Waals surface area contributed by atoms with E-state index in [0.29, 0.717) is 9.40 Å². The summed E-state index contributed by atoms with van der Waals surface area (Å²) in [7, 11) is 0. The van der Waals surface area contributed by atoms with Gasteiger partial charge in [0.2, 0.25) is 0 Å². The van der Waals surface area contributed by atoms with E-state index in [9.17, 15) is 26.3 Å². The standard InChI is InChI=1S/C18H6F6S3/c19-17(20,21)7-1-3-9-11(5-7)25-15-13(9)27-14-10-4-2-8(18(22,23)24)6-12(10)26-16(14)15/h1-6H. The highest BCUT2D eigenvalue weighted by Crippen LogP contribution is 2.51. The zero-order chi connectivity index (χ0) is 19.1. The van der Waals surface area contributed by atoms with Crippen LogP contribution in [0.5, 0.6) is 0 Å². The van der Waals surface area contributed by atoms with E-state index in [-0.39, 0.29) is 0 Å². The van der Waals surface area contributed by atoms with Crippen LogP contribution in [0.4, 0.5) is 26.3 Å². The van der Waals surface area contributed by atoms with Crippen molar-refractivity contribution in [1.29, 1.82) is 0 Å². The van der Waals surface area contributed by atoms with E-state index >= 15 is 0 Å². The third-order valence-corrected chi connectivity index (χ3v) is 8.34. The molecule has 2 aromatic carbocycles. The van der Waals surface area contributed by atoms with E-state index in [1.807, 2.05) is 0 Å². The highest BCUT2D eigenvalue weighted by Gasteiger charge is 2.32. The number of halogens is 6. The molecule has 0 aliphatic heterocycles. The summed E-state index contributed by atoms with van der Waals surface area (Å²) in [6, 6.07) is 7.34. The Labute approximate surface area is 159 Å². The largest absolute Gasteiger partial charge is 0.416 e. The van der Waals surface area contributed by atoms with Crippen LogP contribution in [0, 0.1) is 0 Å². The van der Waals surface area contributed by atoms with Gasteiger partial charge in [0, 0.05) is 20.2 Å². The maximum Gasteiger partial charge on any atom is 0.416 e. The van der Waals surface area contributed by atoms with Crippen molar-refractivity contribution in [3.05, 3.63) is 47.5 Å². The second kappa shape index (κ2) is 5.36. The van der Waals surface area contributed by atoms with Crippen molar-refractivity contribution in [2.24, 2.45) is 0 Å². The Morgan fingerprint density at radius 2 is 0.926 bits per heavy atom. The number of hydrogen-bond donors (Lipinski definition) is 0. The Kier molecular flexibility index (Phi) is 3.43. The maximum atomic E-state index is 12.9. The fourth-order valence-corrected chi connectivity index (χ4v) is 7.45. The summed E-state index contributed by atoms with van der Waals surface area (Å²) in [6.07, 6.45) is -8.82. The molecule has 0 aliphatic carbocycles. The molecular weight excluding hydrogens is 426 g/mol. The molecule has 0 radical (unpaired) electrons. The van der Waals surface area contributed by atoms with Crippen LogP contribution in [0.2, 0.25) is 0 Å². The third kappa shape index (κ3) is 2.55. The first-order chi connectivity index (χ1) is 12.6. The molecule has 3 aromatic heterocycles. The van der Waals surface area contributed by atoms with Crippen LogP contribution in [0.15, 0.2) is 36.4 Å². The van der Waals surface area contributed by atoms with Gasteiger partial charge in [-0.05, 0) is 24.3 Å². The molecular formula is C18H6F6S3. The lowest BCUT2D eigenvalue weighted by atomic mass is 10.1. The summed E-state index contributed by atoms with van der Waals surface area (Å²) >= 11 is 3.92. The van der Waals surface area contributed by atoms with Crippen molar-refractivity contribution >= 4 is 73.0 Å². The van der Waals surface area contributed by atoms with Gasteiger partial charge in [-0.2, -0.15) is 26.3 Å². The fraction of sp³-hybridized carbons (Fsp3) is 0.111. The molecule has 0 unspecified atom stereocenters. The first kappa shape index (κ1) is 17.3. The fourth-order valence-electron chi connectivity index (χ4n) is 3.10. The molecule has 0 N–H and O–H groups in total. The van der Waals surface area contributed by atoms with Gasteiger partial charge in [0.1, 0.15) is 0 Å². The molecule has 0 fully saturated rings. The lowest BCUT2D eigenvalue weighted by molar-refractivity contribution is -0.138. The van der Waals surface area contributed by atoms with Gasteiger partial charge in [-0.1, -0.05) is 12.1 Å². The number of alkyl halides is 6. The van der Waals surface area contributed by atoms with Gasteiger partial charge in [-0.3, -0.25) is 0 Å². The Morgan fingerprint density at radius 3 is 1.30 bits per heavy atom. The van der Waals surface area contributed by atoms with Crippen LogP contribution < -0.4 is 0 Å². The number of fused-ring (bicyclic) bond motifs is 7. The molecule has 3 heterocycles. The van der Waals surface area contributed by atoms with Crippen LogP contribution in [-0.2, 0) is 12.4 Å². The van der Waals surface area contributed by atoms with Gasteiger partial charge in [-0.25, -0.2) is 0 Å². The van der Waals surface area contributed by atoms with Crippen LogP contribution in [0.3, 0.4) is 0 Å². The minimum atomic E-state index is -4.41. The van der Waals surface area contributed by atoms with Gasteiger partial charge >= 0.3 is 12.4 Å². The Morgan fingerprint density at radius 1 is 0.519 bits per heavy atom. The van der Waals surface area contributed by atoms with Gasteiger partial charge in [0.25, 0.3) is 0 Å². The van der Waals surface area contributed by atoms with E-state index < -0.39 is 23.5 Å². The number of rotatable bonds is 0. The monoisotopic (exact) mass is 432 g/mol. The summed E-state index contributed by atoms with van der Waals surface area (Å²) in [4.78, 5) is 0. The summed E-state index contributed by atoms with van der Waals surface area (Å²) < 4.78 is 82.1. The molecule has 0 atom stereocenters. The minimum Gasteiger partial charge on any atom is -0.166 e. The number of thiophene rings is 3. The molecule has 0 saturated heterocycles. The minimum absolute atomic E-state index is 0.529. The summed E-state index contributed by atoms with van der Waals surface area (Å²) in [5.41, 5.74) is -1.40. The summed E-state index contributed by atoms with van der Waals surface area (Å²) in [5, 5.41) is 1.49. The topological polar surface area (TPSA) is 0 Å². The quantitative estimate of drug-likeness (QED) is 0.215. The van der Waals surface area contributed by atoms with Crippen molar-refractivity contribution in [2.45, 2.75) is 12.4 Å². The van der Waals surface area contributed by atoms with Crippen molar-refractivity contribution in [3.63, 3.8) is 0 Å². The molecule has 5 rings (SSSR count). The highest BCUT2D eigenvalue weighted by molar-refractivity contribution is 7.43. The molecule has 0 spiro atoms. The SMILES string of the molecule is FC(F)(F)c1ccc2c(c1)sc1c2sc2c3ccc(C(F)(F)F)cc3sc21. The molecule has 9 heteroatoms. The Hall–Kier alpha value is -1.84. The lowest BCUT2D eigenvalue weighted by Gasteiger charge is -2.05. The second-order valence-corrected chi connectivity index (χ2v) is 9.17.